The Balaban J connectivity index is 1.47. The van der Waals surface area contributed by atoms with Gasteiger partial charge in [-0.25, -0.2) is 4.39 Å². The van der Waals surface area contributed by atoms with E-state index >= 15 is 0 Å². The zero-order valence-corrected chi connectivity index (χ0v) is 17.8. The number of rotatable bonds is 8. The first-order valence-electron chi connectivity index (χ1n) is 10.5. The third-order valence-corrected chi connectivity index (χ3v) is 5.69. The monoisotopic (exact) mass is 414 g/mol. The molecular weight excluding hydrogens is 383 g/mol. The fourth-order valence-electron chi connectivity index (χ4n) is 3.74. The van der Waals surface area contributed by atoms with Crippen LogP contribution in [0.4, 0.5) is 4.39 Å². The molecule has 1 N–H and O–H groups in total. The van der Waals surface area contributed by atoms with Crippen molar-refractivity contribution in [3.63, 3.8) is 0 Å². The first-order valence-corrected chi connectivity index (χ1v) is 10.5. The summed E-state index contributed by atoms with van der Waals surface area (Å²) in [6, 6.07) is 14.3. The van der Waals surface area contributed by atoms with Crippen LogP contribution in [0.25, 0.3) is 0 Å². The molecule has 1 saturated heterocycles. The van der Waals surface area contributed by atoms with Crippen LogP contribution in [-0.4, -0.2) is 49.8 Å². The summed E-state index contributed by atoms with van der Waals surface area (Å²) in [7, 11) is 1.74. The van der Waals surface area contributed by atoms with Crippen molar-refractivity contribution in [2.45, 2.75) is 38.3 Å². The van der Waals surface area contributed by atoms with Gasteiger partial charge < -0.3 is 14.8 Å². The van der Waals surface area contributed by atoms with Crippen molar-refractivity contribution < 1.29 is 18.7 Å². The maximum absolute atomic E-state index is 13.3. The number of carbonyl (C=O) groups excluding carboxylic acids is 1. The molecule has 1 heterocycles. The quantitative estimate of drug-likeness (QED) is 0.716. The average molecular weight is 415 g/mol. The maximum atomic E-state index is 13.3. The first-order chi connectivity index (χ1) is 14.5. The molecule has 1 atom stereocenters. The van der Waals surface area contributed by atoms with Crippen molar-refractivity contribution in [1.29, 1.82) is 0 Å². The van der Waals surface area contributed by atoms with E-state index in [0.717, 1.165) is 43.7 Å². The second kappa shape index (κ2) is 10.5. The van der Waals surface area contributed by atoms with Crippen molar-refractivity contribution in [3.8, 4) is 5.75 Å². The van der Waals surface area contributed by atoms with Gasteiger partial charge in [-0.1, -0.05) is 29.8 Å². The lowest BCUT2D eigenvalue weighted by atomic mass is 9.95. The molecule has 0 saturated carbocycles. The number of carbonyl (C=O) groups is 1. The summed E-state index contributed by atoms with van der Waals surface area (Å²) in [6.07, 6.45) is 2.62. The van der Waals surface area contributed by atoms with Gasteiger partial charge in [0, 0.05) is 20.2 Å². The summed E-state index contributed by atoms with van der Waals surface area (Å²) in [6.45, 7) is 4.80. The second-order valence-corrected chi connectivity index (χ2v) is 8.03. The van der Waals surface area contributed by atoms with Crippen LogP contribution in [0, 0.1) is 12.7 Å². The number of halogens is 1. The Bertz CT molecular complexity index is 827. The molecule has 0 spiro atoms. The third kappa shape index (κ3) is 6.54. The predicted molar refractivity (Wildman–Crippen MR) is 115 cm³/mol. The Morgan fingerprint density at radius 2 is 1.97 bits per heavy atom. The molecule has 30 heavy (non-hydrogen) atoms. The number of benzene rings is 2. The highest BCUT2D eigenvalue weighted by Crippen LogP contribution is 2.27. The van der Waals surface area contributed by atoms with E-state index in [1.54, 1.807) is 19.2 Å². The Hall–Kier alpha value is -2.44. The van der Waals surface area contributed by atoms with Gasteiger partial charge >= 0.3 is 0 Å². The van der Waals surface area contributed by atoms with Gasteiger partial charge in [-0.3, -0.25) is 9.69 Å². The molecule has 1 amide bonds. The number of ether oxygens (including phenoxy) is 2. The maximum Gasteiger partial charge on any atom is 0.234 e. The molecule has 5 nitrogen and oxygen atoms in total. The molecule has 0 bridgehead atoms. The van der Waals surface area contributed by atoms with Crippen LogP contribution in [0.15, 0.2) is 48.5 Å². The number of hydrogen-bond donors (Lipinski definition) is 1. The molecule has 0 radical (unpaired) electrons. The Morgan fingerprint density at radius 3 is 2.70 bits per heavy atom. The lowest BCUT2D eigenvalue weighted by Crippen LogP contribution is -2.41. The summed E-state index contributed by atoms with van der Waals surface area (Å²) < 4.78 is 25.2. The van der Waals surface area contributed by atoms with E-state index in [4.69, 9.17) is 9.47 Å². The van der Waals surface area contributed by atoms with Crippen LogP contribution >= 0.6 is 0 Å². The number of nitrogens with zero attached hydrogens (tertiary/aromatic N) is 1. The molecule has 2 aromatic rings. The van der Waals surface area contributed by atoms with Gasteiger partial charge in [0.2, 0.25) is 5.91 Å². The van der Waals surface area contributed by atoms with Gasteiger partial charge in [-0.05, 0) is 62.6 Å². The van der Waals surface area contributed by atoms with Gasteiger partial charge in [0.05, 0.1) is 6.54 Å². The molecule has 6 heteroatoms. The van der Waals surface area contributed by atoms with Crippen LogP contribution in [0.3, 0.4) is 0 Å². The van der Waals surface area contributed by atoms with Crippen molar-refractivity contribution in [2.24, 2.45) is 0 Å². The highest BCUT2D eigenvalue weighted by atomic mass is 19.1. The fraction of sp³-hybridized carbons (Fsp3) is 0.458. The molecule has 1 fully saturated rings. The highest BCUT2D eigenvalue weighted by Gasteiger charge is 2.34. The normalized spacial score (nSPS) is 19.8. The number of aryl methyl sites for hydroxylation is 1. The summed E-state index contributed by atoms with van der Waals surface area (Å²) >= 11 is 0. The van der Waals surface area contributed by atoms with Gasteiger partial charge in [0.1, 0.15) is 23.8 Å². The van der Waals surface area contributed by atoms with E-state index < -0.39 is 0 Å². The summed E-state index contributed by atoms with van der Waals surface area (Å²) in [5, 5.41) is 2.88. The van der Waals surface area contributed by atoms with Gasteiger partial charge in [0.15, 0.2) is 0 Å². The number of methoxy groups -OCH3 is 1. The number of hydrogen-bond acceptors (Lipinski definition) is 4. The van der Waals surface area contributed by atoms with Gasteiger partial charge in [-0.2, -0.15) is 0 Å². The van der Waals surface area contributed by atoms with Crippen molar-refractivity contribution in [1.82, 2.24) is 10.2 Å². The SMILES string of the molecule is CO[C@]1(COc2ccc(C)cc2)CCCN(CC(=O)NCc2cccc(F)c2)CC1. The van der Waals surface area contributed by atoms with E-state index in [1.165, 1.54) is 17.7 Å². The minimum atomic E-state index is -0.350. The summed E-state index contributed by atoms with van der Waals surface area (Å²) in [5.41, 5.74) is 1.60. The van der Waals surface area contributed by atoms with Crippen LogP contribution in [0.2, 0.25) is 0 Å². The smallest absolute Gasteiger partial charge is 0.234 e. The van der Waals surface area contributed by atoms with E-state index in [0.29, 0.717) is 19.7 Å². The van der Waals surface area contributed by atoms with E-state index in [1.807, 2.05) is 24.3 Å². The lowest BCUT2D eigenvalue weighted by molar-refractivity contribution is -0.122. The highest BCUT2D eigenvalue weighted by molar-refractivity contribution is 5.78. The van der Waals surface area contributed by atoms with Crippen molar-refractivity contribution >= 4 is 5.91 Å². The fourth-order valence-corrected chi connectivity index (χ4v) is 3.74. The molecular formula is C24H31FN2O3. The van der Waals surface area contributed by atoms with Gasteiger partial charge in [-0.15, -0.1) is 0 Å². The van der Waals surface area contributed by atoms with Crippen LogP contribution in [0.1, 0.15) is 30.4 Å². The first kappa shape index (κ1) is 22.2. The Kier molecular flexibility index (Phi) is 7.82. The zero-order chi connectivity index (χ0) is 21.4. The molecule has 1 aliphatic heterocycles. The van der Waals surface area contributed by atoms with Crippen LogP contribution in [-0.2, 0) is 16.1 Å². The number of amides is 1. The summed E-state index contributed by atoms with van der Waals surface area (Å²) in [4.78, 5) is 14.5. The van der Waals surface area contributed by atoms with E-state index in [2.05, 4.69) is 17.1 Å². The molecule has 1 aliphatic rings. The van der Waals surface area contributed by atoms with E-state index in [-0.39, 0.29) is 17.3 Å². The molecule has 3 rings (SSSR count). The Morgan fingerprint density at radius 1 is 1.17 bits per heavy atom. The average Bonchev–Trinajstić information content (AvgIpc) is 2.95. The van der Waals surface area contributed by atoms with Crippen LogP contribution < -0.4 is 10.1 Å². The molecule has 0 aliphatic carbocycles. The zero-order valence-electron chi connectivity index (χ0n) is 17.8. The molecule has 162 valence electrons. The minimum absolute atomic E-state index is 0.0555. The predicted octanol–water partition coefficient (Wildman–Crippen LogP) is 3.70. The summed E-state index contributed by atoms with van der Waals surface area (Å²) in [5.74, 6) is 0.493. The van der Waals surface area contributed by atoms with Crippen molar-refractivity contribution in [2.75, 3.05) is 33.4 Å². The molecule has 2 aromatic carbocycles. The van der Waals surface area contributed by atoms with Gasteiger partial charge in [0.25, 0.3) is 0 Å². The van der Waals surface area contributed by atoms with Crippen LogP contribution in [0.5, 0.6) is 5.75 Å². The standard InChI is InChI=1S/C24H31FN2O3/c1-19-7-9-22(10-8-19)30-18-24(29-2)11-4-13-27(14-12-24)17-23(28)26-16-20-5-3-6-21(25)15-20/h3,5-10,15H,4,11-14,16-18H2,1-2H3,(H,26,28)/t24-/m1/s1. The molecule has 0 unspecified atom stereocenters. The largest absolute Gasteiger partial charge is 0.491 e. The van der Waals surface area contributed by atoms with Crippen molar-refractivity contribution in [3.05, 3.63) is 65.5 Å². The minimum Gasteiger partial charge on any atom is -0.491 e. The lowest BCUT2D eigenvalue weighted by Gasteiger charge is -2.31. The number of nitrogens with one attached hydrogen (secondary N) is 1. The second-order valence-electron chi connectivity index (χ2n) is 8.03. The Labute approximate surface area is 178 Å². The third-order valence-electron chi connectivity index (χ3n) is 5.69. The molecule has 0 aromatic heterocycles. The number of likely N-dealkylation sites (tertiary alicyclic amines) is 1. The van der Waals surface area contributed by atoms with E-state index in [9.17, 15) is 9.18 Å². The topological polar surface area (TPSA) is 50.8 Å².